The van der Waals surface area contributed by atoms with Gasteiger partial charge in [0.25, 0.3) is 10.2 Å². The lowest BCUT2D eigenvalue weighted by molar-refractivity contribution is -0.0148. The monoisotopic (exact) mass is 513 g/mol. The molecule has 10 nitrogen and oxygen atoms in total. The van der Waals surface area contributed by atoms with Crippen LogP contribution in [0.25, 0.3) is 0 Å². The second-order valence-corrected chi connectivity index (χ2v) is 12.4. The molecule has 2 aliphatic carbocycles. The second-order valence-electron chi connectivity index (χ2n) is 10.5. The molecule has 1 aromatic rings. The largest absolute Gasteiger partial charge is 0.447 e. The van der Waals surface area contributed by atoms with Gasteiger partial charge in [0, 0.05) is 31.6 Å². The Morgan fingerprint density at radius 2 is 2.00 bits per heavy atom. The molecule has 4 rings (SSSR count). The lowest BCUT2D eigenvalue weighted by Crippen LogP contribution is -2.52. The summed E-state index contributed by atoms with van der Waals surface area (Å²) in [7, 11) is -0.761. The summed E-state index contributed by atoms with van der Waals surface area (Å²) >= 11 is 0. The standard InChI is InChI=1S/C23H36FN5O5S/c1-14(2)34-22(30)29-15(3)8-19(27-35(31,32)28(4)5)20(29)13-33-18-6-7-23(10-16(23)9-18)21-25-11-17(24)12-26-21/h11-12,14-16,18-20,27H,6-10,13H2,1-5H3/t15-,16?,18?,19+,20+,23?/m1/s1. The van der Waals surface area contributed by atoms with E-state index < -0.39 is 34.2 Å². The molecule has 0 bridgehead atoms. The molecule has 1 saturated heterocycles. The number of amides is 1. The highest BCUT2D eigenvalue weighted by molar-refractivity contribution is 7.87. The highest BCUT2D eigenvalue weighted by Gasteiger charge is 2.60. The minimum atomic E-state index is -3.69. The van der Waals surface area contributed by atoms with Crippen LogP contribution in [0.15, 0.2) is 12.4 Å². The molecule has 35 heavy (non-hydrogen) atoms. The van der Waals surface area contributed by atoms with Gasteiger partial charge in [-0.15, -0.1) is 0 Å². The number of halogens is 1. The van der Waals surface area contributed by atoms with Crippen molar-refractivity contribution in [1.82, 2.24) is 23.9 Å². The first-order chi connectivity index (χ1) is 16.4. The Hall–Kier alpha value is -1.89. The van der Waals surface area contributed by atoms with Crippen molar-refractivity contribution >= 4 is 16.3 Å². The maximum Gasteiger partial charge on any atom is 0.410 e. The molecule has 3 aliphatic rings. The molecule has 0 aromatic carbocycles. The van der Waals surface area contributed by atoms with Crippen LogP contribution >= 0.6 is 0 Å². The van der Waals surface area contributed by atoms with Crippen molar-refractivity contribution in [3.8, 4) is 0 Å². The summed E-state index contributed by atoms with van der Waals surface area (Å²) in [6.45, 7) is 5.66. The molecular formula is C23H36FN5O5S. The zero-order valence-electron chi connectivity index (χ0n) is 21.0. The van der Waals surface area contributed by atoms with Crippen LogP contribution in [0, 0.1) is 11.7 Å². The van der Waals surface area contributed by atoms with E-state index in [2.05, 4.69) is 14.7 Å². The fraction of sp³-hybridized carbons (Fsp3) is 0.783. The zero-order chi connectivity index (χ0) is 25.5. The third-order valence-electron chi connectivity index (χ3n) is 7.48. The summed E-state index contributed by atoms with van der Waals surface area (Å²) in [6.07, 6.45) is 5.56. The number of carbonyl (C=O) groups excluding carboxylic acids is 1. The molecule has 1 aliphatic heterocycles. The van der Waals surface area contributed by atoms with E-state index in [0.717, 1.165) is 30.0 Å². The first-order valence-corrected chi connectivity index (χ1v) is 13.7. The molecule has 2 saturated carbocycles. The van der Waals surface area contributed by atoms with Crippen molar-refractivity contribution in [2.75, 3.05) is 20.7 Å². The van der Waals surface area contributed by atoms with Crippen LogP contribution in [0.5, 0.6) is 0 Å². The van der Waals surface area contributed by atoms with Gasteiger partial charge in [-0.3, -0.25) is 4.90 Å². The molecule has 0 radical (unpaired) electrons. The van der Waals surface area contributed by atoms with Crippen molar-refractivity contribution < 1.29 is 27.1 Å². The Bertz CT molecular complexity index is 1020. The number of nitrogens with zero attached hydrogens (tertiary/aromatic N) is 4. The minimum absolute atomic E-state index is 0.0129. The molecular weight excluding hydrogens is 477 g/mol. The van der Waals surface area contributed by atoms with Crippen LogP contribution in [-0.2, 0) is 25.1 Å². The third kappa shape index (κ3) is 5.45. The molecule has 3 unspecified atom stereocenters. The fourth-order valence-corrected chi connectivity index (χ4v) is 6.39. The number of hydrogen-bond donors (Lipinski definition) is 1. The number of fused-ring (bicyclic) bond motifs is 1. The molecule has 6 atom stereocenters. The van der Waals surface area contributed by atoms with E-state index in [1.165, 1.54) is 26.5 Å². The number of hydrogen-bond acceptors (Lipinski definition) is 7. The summed E-state index contributed by atoms with van der Waals surface area (Å²) in [4.78, 5) is 22.9. The van der Waals surface area contributed by atoms with Gasteiger partial charge in [-0.1, -0.05) is 0 Å². The van der Waals surface area contributed by atoms with Gasteiger partial charge in [0.15, 0.2) is 5.82 Å². The third-order valence-corrected chi connectivity index (χ3v) is 9.04. The predicted molar refractivity (Wildman–Crippen MR) is 126 cm³/mol. The van der Waals surface area contributed by atoms with Crippen molar-refractivity contribution in [1.29, 1.82) is 0 Å². The molecule has 196 valence electrons. The van der Waals surface area contributed by atoms with Crippen LogP contribution < -0.4 is 4.72 Å². The Morgan fingerprint density at radius 1 is 1.31 bits per heavy atom. The van der Waals surface area contributed by atoms with E-state index >= 15 is 0 Å². The van der Waals surface area contributed by atoms with E-state index in [-0.39, 0.29) is 30.3 Å². The first-order valence-electron chi connectivity index (χ1n) is 12.2. The number of carbonyl (C=O) groups is 1. The van der Waals surface area contributed by atoms with Gasteiger partial charge >= 0.3 is 6.09 Å². The molecule has 2 heterocycles. The number of likely N-dealkylation sites (tertiary alicyclic amines) is 1. The highest BCUT2D eigenvalue weighted by Crippen LogP contribution is 2.61. The van der Waals surface area contributed by atoms with Gasteiger partial charge < -0.3 is 9.47 Å². The SMILES string of the molecule is CC(C)OC(=O)N1[C@H](C)C[C@H](NS(=O)(=O)N(C)C)[C@@H]1COC1CCC2(c3ncc(F)cn3)CC2C1. The molecule has 1 N–H and O–H groups in total. The van der Waals surface area contributed by atoms with E-state index in [0.29, 0.717) is 18.2 Å². The molecule has 0 spiro atoms. The van der Waals surface area contributed by atoms with E-state index in [1.807, 2.05) is 6.92 Å². The Balaban J connectivity index is 1.42. The Kier molecular flexibility index (Phi) is 7.38. The van der Waals surface area contributed by atoms with Crippen molar-refractivity contribution in [3.63, 3.8) is 0 Å². The molecule has 1 amide bonds. The number of rotatable bonds is 8. The van der Waals surface area contributed by atoms with Gasteiger partial charge in [-0.2, -0.15) is 17.4 Å². The van der Waals surface area contributed by atoms with E-state index in [9.17, 15) is 17.6 Å². The molecule has 3 fully saturated rings. The van der Waals surface area contributed by atoms with Crippen molar-refractivity contribution in [2.24, 2.45) is 5.92 Å². The first kappa shape index (κ1) is 26.2. The van der Waals surface area contributed by atoms with Gasteiger partial charge in [-0.05, 0) is 58.8 Å². The summed E-state index contributed by atoms with van der Waals surface area (Å²) < 4.78 is 53.9. The fourth-order valence-electron chi connectivity index (χ4n) is 5.55. The number of nitrogens with one attached hydrogen (secondary N) is 1. The van der Waals surface area contributed by atoms with Crippen LogP contribution in [-0.4, -0.2) is 84.7 Å². The van der Waals surface area contributed by atoms with Gasteiger partial charge in [0.05, 0.1) is 37.3 Å². The zero-order valence-corrected chi connectivity index (χ0v) is 21.8. The maximum atomic E-state index is 13.2. The second kappa shape index (κ2) is 9.87. The summed E-state index contributed by atoms with van der Waals surface area (Å²) in [6, 6.07) is -1.19. The van der Waals surface area contributed by atoms with Gasteiger partial charge in [0.2, 0.25) is 0 Å². The summed E-state index contributed by atoms with van der Waals surface area (Å²) in [5.41, 5.74) is -0.0909. The molecule has 12 heteroatoms. The Labute approximate surface area is 206 Å². The average Bonchev–Trinajstić information content (AvgIpc) is 3.42. The smallest absolute Gasteiger partial charge is 0.410 e. The van der Waals surface area contributed by atoms with Crippen LogP contribution in [0.2, 0.25) is 0 Å². The average molecular weight is 514 g/mol. The molecule has 1 aromatic heterocycles. The van der Waals surface area contributed by atoms with Crippen LogP contribution in [0.1, 0.15) is 58.7 Å². The van der Waals surface area contributed by atoms with E-state index in [1.54, 1.807) is 18.7 Å². The van der Waals surface area contributed by atoms with Gasteiger partial charge in [-0.25, -0.2) is 19.2 Å². The number of aromatic nitrogens is 2. The maximum absolute atomic E-state index is 13.2. The predicted octanol–water partition coefficient (Wildman–Crippen LogP) is 2.21. The lowest BCUT2D eigenvalue weighted by atomic mass is 9.86. The van der Waals surface area contributed by atoms with Crippen LogP contribution in [0.4, 0.5) is 9.18 Å². The number of ether oxygens (including phenoxy) is 2. The van der Waals surface area contributed by atoms with Crippen LogP contribution in [0.3, 0.4) is 0 Å². The van der Waals surface area contributed by atoms with Crippen molar-refractivity contribution in [3.05, 3.63) is 24.0 Å². The minimum Gasteiger partial charge on any atom is -0.447 e. The normalized spacial score (nSPS) is 32.7. The highest BCUT2D eigenvalue weighted by atomic mass is 32.2. The quantitative estimate of drug-likeness (QED) is 0.567. The summed E-state index contributed by atoms with van der Waals surface area (Å²) in [5.74, 6) is 0.636. The lowest BCUT2D eigenvalue weighted by Gasteiger charge is -2.33. The summed E-state index contributed by atoms with van der Waals surface area (Å²) in [5, 5.41) is 0. The van der Waals surface area contributed by atoms with Gasteiger partial charge in [0.1, 0.15) is 5.82 Å². The topological polar surface area (TPSA) is 114 Å². The Morgan fingerprint density at radius 3 is 2.60 bits per heavy atom. The van der Waals surface area contributed by atoms with E-state index in [4.69, 9.17) is 9.47 Å². The van der Waals surface area contributed by atoms with Crippen molar-refractivity contribution in [2.45, 2.75) is 88.6 Å².